The Morgan fingerprint density at radius 2 is 1.74 bits per heavy atom. The van der Waals surface area contributed by atoms with Gasteiger partial charge in [0.05, 0.1) is 0 Å². The van der Waals surface area contributed by atoms with Gasteiger partial charge in [0.25, 0.3) is 0 Å². The normalized spacial score (nSPS) is 26.7. The van der Waals surface area contributed by atoms with Gasteiger partial charge in [0.2, 0.25) is 0 Å². The molecule has 19 heavy (non-hydrogen) atoms. The van der Waals surface area contributed by atoms with Crippen molar-refractivity contribution in [1.82, 2.24) is 10.2 Å². The zero-order valence-corrected chi connectivity index (χ0v) is 13.4. The summed E-state index contributed by atoms with van der Waals surface area (Å²) in [5, 5.41) is 3.40. The Bertz CT molecular complexity index is 252. The first-order valence-electron chi connectivity index (χ1n) is 8.48. The Labute approximate surface area is 120 Å². The quantitative estimate of drug-likeness (QED) is 0.789. The van der Waals surface area contributed by atoms with E-state index in [1.165, 1.54) is 71.0 Å². The van der Waals surface area contributed by atoms with E-state index in [-0.39, 0.29) is 0 Å². The Kier molecular flexibility index (Phi) is 5.30. The zero-order valence-electron chi connectivity index (χ0n) is 13.4. The largest absolute Gasteiger partial charge is 0.319 e. The van der Waals surface area contributed by atoms with Crippen LogP contribution >= 0.6 is 0 Å². The highest BCUT2D eigenvalue weighted by molar-refractivity contribution is 4.91. The second-order valence-corrected chi connectivity index (χ2v) is 7.57. The molecule has 1 aliphatic heterocycles. The fraction of sp³-hybridized carbons (Fsp3) is 1.00. The van der Waals surface area contributed by atoms with Crippen LogP contribution in [0.25, 0.3) is 0 Å². The van der Waals surface area contributed by atoms with Crippen LogP contribution in [0.1, 0.15) is 65.2 Å². The summed E-state index contributed by atoms with van der Waals surface area (Å²) < 4.78 is 0. The van der Waals surface area contributed by atoms with Crippen LogP contribution in [0.4, 0.5) is 0 Å². The minimum absolute atomic E-state index is 0.462. The van der Waals surface area contributed by atoms with Gasteiger partial charge in [-0.1, -0.05) is 33.1 Å². The first-order valence-corrected chi connectivity index (χ1v) is 8.48. The van der Waals surface area contributed by atoms with Crippen LogP contribution in [0.15, 0.2) is 0 Å². The van der Waals surface area contributed by atoms with Gasteiger partial charge in [0, 0.05) is 13.1 Å². The van der Waals surface area contributed by atoms with Gasteiger partial charge in [-0.2, -0.15) is 0 Å². The number of nitrogens with zero attached hydrogens (tertiary/aromatic N) is 1. The van der Waals surface area contributed by atoms with Gasteiger partial charge in [0.15, 0.2) is 0 Å². The van der Waals surface area contributed by atoms with E-state index in [2.05, 4.69) is 31.1 Å². The lowest BCUT2D eigenvalue weighted by Crippen LogP contribution is -2.46. The van der Waals surface area contributed by atoms with E-state index in [1.807, 2.05) is 0 Å². The summed E-state index contributed by atoms with van der Waals surface area (Å²) in [6.45, 7) is 9.93. The molecular formula is C17H34N2. The van der Waals surface area contributed by atoms with Crippen LogP contribution in [0.2, 0.25) is 0 Å². The number of hydrogen-bond acceptors (Lipinski definition) is 2. The van der Waals surface area contributed by atoms with Crippen molar-refractivity contribution in [2.75, 3.05) is 33.2 Å². The maximum absolute atomic E-state index is 3.40. The molecule has 1 unspecified atom stereocenters. The Balaban J connectivity index is 1.83. The van der Waals surface area contributed by atoms with Crippen LogP contribution in [0.3, 0.4) is 0 Å². The maximum Gasteiger partial charge on any atom is 0.00475 e. The van der Waals surface area contributed by atoms with Gasteiger partial charge in [0.1, 0.15) is 0 Å². The molecule has 2 nitrogen and oxygen atoms in total. The fourth-order valence-electron chi connectivity index (χ4n) is 4.60. The van der Waals surface area contributed by atoms with Crippen molar-refractivity contribution in [3.63, 3.8) is 0 Å². The second kappa shape index (κ2) is 6.58. The number of rotatable bonds is 6. The highest BCUT2D eigenvalue weighted by atomic mass is 15.1. The highest BCUT2D eigenvalue weighted by Gasteiger charge is 2.38. The molecule has 0 amide bonds. The van der Waals surface area contributed by atoms with Gasteiger partial charge in [-0.05, 0) is 63.1 Å². The topological polar surface area (TPSA) is 15.3 Å². The summed E-state index contributed by atoms with van der Waals surface area (Å²) in [7, 11) is 2.09. The second-order valence-electron chi connectivity index (χ2n) is 7.57. The van der Waals surface area contributed by atoms with Gasteiger partial charge >= 0.3 is 0 Å². The van der Waals surface area contributed by atoms with Gasteiger partial charge in [-0.3, -0.25) is 0 Å². The van der Waals surface area contributed by atoms with E-state index in [9.17, 15) is 0 Å². The SMILES string of the molecule is CCCC(C)(CNC)CN1CCC2(CCCC2)CC1. The van der Waals surface area contributed by atoms with Crippen molar-refractivity contribution in [2.24, 2.45) is 10.8 Å². The molecule has 1 atom stereocenters. The van der Waals surface area contributed by atoms with Gasteiger partial charge in [-0.15, -0.1) is 0 Å². The average molecular weight is 266 g/mol. The molecule has 2 heteroatoms. The third kappa shape index (κ3) is 3.95. The standard InChI is InChI=1S/C17H34N2/c1-4-7-16(2,14-18-3)15-19-12-10-17(11-13-19)8-5-6-9-17/h18H,4-15H2,1-3H3. The summed E-state index contributed by atoms with van der Waals surface area (Å²) in [5.41, 5.74) is 1.23. The minimum Gasteiger partial charge on any atom is -0.319 e. The third-order valence-corrected chi connectivity index (χ3v) is 5.64. The average Bonchev–Trinajstić information content (AvgIpc) is 2.82. The third-order valence-electron chi connectivity index (χ3n) is 5.64. The van der Waals surface area contributed by atoms with E-state index in [0.29, 0.717) is 5.41 Å². The molecule has 0 aromatic rings. The minimum atomic E-state index is 0.462. The molecule has 1 saturated heterocycles. The summed E-state index contributed by atoms with van der Waals surface area (Å²) in [6.07, 6.45) is 11.6. The van der Waals surface area contributed by atoms with Crippen molar-refractivity contribution in [3.05, 3.63) is 0 Å². The molecule has 1 N–H and O–H groups in total. The van der Waals surface area contributed by atoms with E-state index in [1.54, 1.807) is 0 Å². The summed E-state index contributed by atoms with van der Waals surface area (Å²) in [4.78, 5) is 2.75. The summed E-state index contributed by atoms with van der Waals surface area (Å²) in [5.74, 6) is 0. The summed E-state index contributed by atoms with van der Waals surface area (Å²) in [6, 6.07) is 0. The van der Waals surface area contributed by atoms with Crippen molar-refractivity contribution >= 4 is 0 Å². The first-order chi connectivity index (χ1) is 9.11. The molecule has 1 heterocycles. The van der Waals surface area contributed by atoms with Crippen molar-refractivity contribution < 1.29 is 0 Å². The lowest BCUT2D eigenvalue weighted by Gasteiger charge is -2.43. The lowest BCUT2D eigenvalue weighted by atomic mass is 9.76. The highest BCUT2D eigenvalue weighted by Crippen LogP contribution is 2.46. The van der Waals surface area contributed by atoms with E-state index >= 15 is 0 Å². The molecule has 0 aromatic heterocycles. The van der Waals surface area contributed by atoms with Crippen LogP contribution < -0.4 is 5.32 Å². The van der Waals surface area contributed by atoms with Crippen molar-refractivity contribution in [1.29, 1.82) is 0 Å². The molecule has 2 fully saturated rings. The molecule has 0 bridgehead atoms. The van der Waals surface area contributed by atoms with Crippen molar-refractivity contribution in [3.8, 4) is 0 Å². The molecule has 2 rings (SSSR count). The fourth-order valence-corrected chi connectivity index (χ4v) is 4.60. The van der Waals surface area contributed by atoms with Gasteiger partial charge in [-0.25, -0.2) is 0 Å². The van der Waals surface area contributed by atoms with E-state index in [0.717, 1.165) is 12.0 Å². The molecule has 0 radical (unpaired) electrons. The number of hydrogen-bond donors (Lipinski definition) is 1. The summed E-state index contributed by atoms with van der Waals surface area (Å²) >= 11 is 0. The molecule has 1 spiro atoms. The Hall–Kier alpha value is -0.0800. The molecule has 0 aromatic carbocycles. The molecule has 112 valence electrons. The number of likely N-dealkylation sites (tertiary alicyclic amines) is 1. The Morgan fingerprint density at radius 1 is 1.11 bits per heavy atom. The zero-order chi connectivity index (χ0) is 13.8. The first kappa shape index (κ1) is 15.3. The molecule has 2 aliphatic rings. The molecular weight excluding hydrogens is 232 g/mol. The number of piperidine rings is 1. The maximum atomic E-state index is 3.40. The van der Waals surface area contributed by atoms with Crippen LogP contribution in [-0.2, 0) is 0 Å². The predicted molar refractivity (Wildman–Crippen MR) is 83.5 cm³/mol. The molecule has 1 saturated carbocycles. The van der Waals surface area contributed by atoms with Crippen molar-refractivity contribution in [2.45, 2.75) is 65.2 Å². The monoisotopic (exact) mass is 266 g/mol. The Morgan fingerprint density at radius 3 is 2.26 bits per heavy atom. The van der Waals surface area contributed by atoms with Crippen LogP contribution in [0.5, 0.6) is 0 Å². The van der Waals surface area contributed by atoms with E-state index < -0.39 is 0 Å². The lowest BCUT2D eigenvalue weighted by molar-refractivity contribution is 0.0700. The predicted octanol–water partition coefficient (Wildman–Crippen LogP) is 3.67. The molecule has 1 aliphatic carbocycles. The number of nitrogens with one attached hydrogen (secondary N) is 1. The smallest absolute Gasteiger partial charge is 0.00475 e. The van der Waals surface area contributed by atoms with E-state index in [4.69, 9.17) is 0 Å². The van der Waals surface area contributed by atoms with Crippen LogP contribution in [0, 0.1) is 10.8 Å². The van der Waals surface area contributed by atoms with Crippen LogP contribution in [-0.4, -0.2) is 38.1 Å². The van der Waals surface area contributed by atoms with Gasteiger partial charge < -0.3 is 10.2 Å².